The number of carbonyl (C=O) groups excluding carboxylic acids is 1. The van der Waals surface area contributed by atoms with E-state index in [0.29, 0.717) is 23.1 Å². The van der Waals surface area contributed by atoms with E-state index in [2.05, 4.69) is 15.3 Å². The standard InChI is InChI=1S/C17H11F4N3O3S/c18-10-4-3-9(17(19,20)21)6-8(10)7-22-15(26)12-13(25)16(27)24-14(23-12)11-2-1-5-28-11/h1-6,25H,7H2,(H,22,26)(H,23,24,27). The summed E-state index contributed by atoms with van der Waals surface area (Å²) >= 11 is 1.22. The number of nitrogens with zero attached hydrogens (tertiary/aromatic N) is 1. The van der Waals surface area contributed by atoms with Gasteiger partial charge in [0, 0.05) is 12.1 Å². The number of thiophene rings is 1. The third-order valence-electron chi connectivity index (χ3n) is 3.68. The van der Waals surface area contributed by atoms with Crippen molar-refractivity contribution in [1.29, 1.82) is 0 Å². The molecule has 2 aromatic heterocycles. The zero-order valence-electron chi connectivity index (χ0n) is 13.8. The number of nitrogens with one attached hydrogen (secondary N) is 2. The fraction of sp³-hybridized carbons (Fsp3) is 0.118. The highest BCUT2D eigenvalue weighted by Gasteiger charge is 2.31. The molecule has 0 aliphatic carbocycles. The van der Waals surface area contributed by atoms with E-state index >= 15 is 0 Å². The molecule has 1 amide bonds. The van der Waals surface area contributed by atoms with Gasteiger partial charge in [-0.2, -0.15) is 13.2 Å². The van der Waals surface area contributed by atoms with E-state index in [1.165, 1.54) is 11.3 Å². The minimum atomic E-state index is -4.67. The van der Waals surface area contributed by atoms with E-state index in [0.717, 1.165) is 0 Å². The van der Waals surface area contributed by atoms with Crippen LogP contribution in [0, 0.1) is 5.82 Å². The Morgan fingerprint density at radius 1 is 1.29 bits per heavy atom. The van der Waals surface area contributed by atoms with Crippen molar-refractivity contribution in [1.82, 2.24) is 15.3 Å². The van der Waals surface area contributed by atoms with Gasteiger partial charge in [0.2, 0.25) is 5.75 Å². The van der Waals surface area contributed by atoms with Gasteiger partial charge in [-0.1, -0.05) is 6.07 Å². The summed E-state index contributed by atoms with van der Waals surface area (Å²) in [6, 6.07) is 5.10. The van der Waals surface area contributed by atoms with Crippen LogP contribution in [0.3, 0.4) is 0 Å². The summed E-state index contributed by atoms with van der Waals surface area (Å²) < 4.78 is 52.0. The maximum Gasteiger partial charge on any atom is 0.416 e. The van der Waals surface area contributed by atoms with Gasteiger partial charge in [0.15, 0.2) is 11.5 Å². The minimum absolute atomic E-state index is 0.0354. The first-order valence-electron chi connectivity index (χ1n) is 7.68. The number of hydrogen-bond donors (Lipinski definition) is 3. The number of carbonyl (C=O) groups is 1. The molecule has 0 aliphatic rings. The van der Waals surface area contributed by atoms with Crippen LogP contribution < -0.4 is 10.9 Å². The number of amides is 1. The number of benzene rings is 1. The molecule has 3 rings (SSSR count). The molecule has 0 radical (unpaired) electrons. The molecular weight excluding hydrogens is 402 g/mol. The van der Waals surface area contributed by atoms with Crippen molar-refractivity contribution in [3.05, 3.63) is 68.7 Å². The zero-order valence-corrected chi connectivity index (χ0v) is 14.6. The van der Waals surface area contributed by atoms with E-state index in [-0.39, 0.29) is 5.82 Å². The predicted octanol–water partition coefficient (Wildman–Crippen LogP) is 3.29. The van der Waals surface area contributed by atoms with Crippen molar-refractivity contribution < 1.29 is 27.5 Å². The Bertz CT molecular complexity index is 1080. The van der Waals surface area contributed by atoms with Gasteiger partial charge in [-0.25, -0.2) is 9.37 Å². The lowest BCUT2D eigenvalue weighted by Gasteiger charge is -2.11. The van der Waals surface area contributed by atoms with Crippen molar-refractivity contribution in [2.75, 3.05) is 0 Å². The number of halogens is 4. The van der Waals surface area contributed by atoms with Gasteiger partial charge in [0.05, 0.1) is 10.4 Å². The topological polar surface area (TPSA) is 95.1 Å². The number of rotatable bonds is 4. The highest BCUT2D eigenvalue weighted by molar-refractivity contribution is 7.13. The number of alkyl halides is 3. The number of H-pyrrole nitrogens is 1. The molecule has 0 aliphatic heterocycles. The summed E-state index contributed by atoms with van der Waals surface area (Å²) in [6.07, 6.45) is -4.67. The summed E-state index contributed by atoms with van der Waals surface area (Å²) in [5, 5.41) is 13.7. The Morgan fingerprint density at radius 3 is 2.68 bits per heavy atom. The van der Waals surface area contributed by atoms with E-state index < -0.39 is 52.6 Å². The van der Waals surface area contributed by atoms with Gasteiger partial charge < -0.3 is 15.4 Å². The average molecular weight is 413 g/mol. The van der Waals surface area contributed by atoms with Crippen LogP contribution >= 0.6 is 11.3 Å². The molecule has 0 saturated heterocycles. The summed E-state index contributed by atoms with van der Waals surface area (Å²) in [7, 11) is 0. The molecule has 0 saturated carbocycles. The summed E-state index contributed by atoms with van der Waals surface area (Å²) in [6.45, 7) is -0.600. The molecule has 11 heteroatoms. The fourth-order valence-electron chi connectivity index (χ4n) is 2.30. The Kier molecular flexibility index (Phi) is 5.18. The first-order chi connectivity index (χ1) is 13.2. The van der Waals surface area contributed by atoms with Gasteiger partial charge >= 0.3 is 6.18 Å². The van der Waals surface area contributed by atoms with Gasteiger partial charge in [-0.05, 0) is 29.6 Å². The van der Waals surface area contributed by atoms with Crippen LogP contribution in [0.5, 0.6) is 5.75 Å². The Labute approximate surface area is 158 Å². The second-order valence-corrected chi connectivity index (χ2v) is 6.52. The van der Waals surface area contributed by atoms with E-state index in [1.54, 1.807) is 17.5 Å². The summed E-state index contributed by atoms with van der Waals surface area (Å²) in [4.78, 5) is 30.8. The number of aromatic hydroxyl groups is 1. The van der Waals surface area contributed by atoms with Crippen LogP contribution in [-0.4, -0.2) is 21.0 Å². The molecule has 0 fully saturated rings. The molecule has 0 bridgehead atoms. The Balaban J connectivity index is 1.86. The monoisotopic (exact) mass is 413 g/mol. The third-order valence-corrected chi connectivity index (χ3v) is 4.55. The largest absolute Gasteiger partial charge is 0.501 e. The molecule has 0 atom stereocenters. The maximum atomic E-state index is 13.8. The van der Waals surface area contributed by atoms with Crippen molar-refractivity contribution in [2.45, 2.75) is 12.7 Å². The summed E-state index contributed by atoms with van der Waals surface area (Å²) in [5.41, 5.74) is -3.07. The van der Waals surface area contributed by atoms with Crippen LogP contribution in [0.2, 0.25) is 0 Å². The molecular formula is C17H11F4N3O3S. The molecule has 6 nitrogen and oxygen atoms in total. The van der Waals surface area contributed by atoms with Crippen molar-refractivity contribution >= 4 is 17.2 Å². The zero-order chi connectivity index (χ0) is 20.5. The molecule has 2 heterocycles. The number of aromatic amines is 1. The highest BCUT2D eigenvalue weighted by atomic mass is 32.1. The quantitative estimate of drug-likeness (QED) is 0.572. The first kappa shape index (κ1) is 19.5. The predicted molar refractivity (Wildman–Crippen MR) is 92.4 cm³/mol. The van der Waals surface area contributed by atoms with Crippen molar-refractivity contribution in [2.24, 2.45) is 0 Å². The van der Waals surface area contributed by atoms with E-state index in [1.807, 2.05) is 0 Å². The first-order valence-corrected chi connectivity index (χ1v) is 8.55. The van der Waals surface area contributed by atoms with Crippen LogP contribution in [0.25, 0.3) is 10.7 Å². The second-order valence-electron chi connectivity index (χ2n) is 5.58. The van der Waals surface area contributed by atoms with Crippen LogP contribution in [0.15, 0.2) is 40.5 Å². The van der Waals surface area contributed by atoms with Crippen LogP contribution in [-0.2, 0) is 12.7 Å². The Hall–Kier alpha value is -3.21. The summed E-state index contributed by atoms with van der Waals surface area (Å²) in [5.74, 6) is -2.91. The highest BCUT2D eigenvalue weighted by Crippen LogP contribution is 2.30. The Morgan fingerprint density at radius 2 is 2.04 bits per heavy atom. The van der Waals surface area contributed by atoms with Crippen LogP contribution in [0.4, 0.5) is 17.6 Å². The van der Waals surface area contributed by atoms with Gasteiger partial charge in [0.25, 0.3) is 11.5 Å². The van der Waals surface area contributed by atoms with E-state index in [4.69, 9.17) is 0 Å². The number of hydrogen-bond acceptors (Lipinski definition) is 5. The number of aromatic nitrogens is 2. The molecule has 0 spiro atoms. The lowest BCUT2D eigenvalue weighted by Crippen LogP contribution is -2.27. The molecule has 1 aromatic carbocycles. The molecule has 28 heavy (non-hydrogen) atoms. The lowest BCUT2D eigenvalue weighted by molar-refractivity contribution is -0.137. The fourth-order valence-corrected chi connectivity index (χ4v) is 2.97. The maximum absolute atomic E-state index is 13.8. The normalized spacial score (nSPS) is 11.4. The SMILES string of the molecule is O=C(NCc1cc(C(F)(F)F)ccc1F)c1nc(-c2cccs2)[nH]c(=O)c1O. The smallest absolute Gasteiger partial charge is 0.416 e. The van der Waals surface area contributed by atoms with Gasteiger partial charge in [-0.3, -0.25) is 9.59 Å². The van der Waals surface area contributed by atoms with Gasteiger partial charge in [0.1, 0.15) is 5.82 Å². The molecule has 146 valence electrons. The van der Waals surface area contributed by atoms with Crippen molar-refractivity contribution in [3.63, 3.8) is 0 Å². The van der Waals surface area contributed by atoms with E-state index in [9.17, 15) is 32.3 Å². The average Bonchev–Trinajstić information content (AvgIpc) is 3.16. The lowest BCUT2D eigenvalue weighted by atomic mass is 10.1. The van der Waals surface area contributed by atoms with Gasteiger partial charge in [-0.15, -0.1) is 11.3 Å². The molecule has 3 N–H and O–H groups in total. The molecule has 3 aromatic rings. The second kappa shape index (κ2) is 7.43. The van der Waals surface area contributed by atoms with Crippen molar-refractivity contribution in [3.8, 4) is 16.5 Å². The van der Waals surface area contributed by atoms with Crippen LogP contribution in [0.1, 0.15) is 21.6 Å². The third kappa shape index (κ3) is 4.03. The minimum Gasteiger partial charge on any atom is -0.501 e. The molecule has 0 unspecified atom stereocenters.